The van der Waals surface area contributed by atoms with Crippen molar-refractivity contribution in [1.29, 1.82) is 0 Å². The highest BCUT2D eigenvalue weighted by atomic mass is 35.5. The maximum Gasteiger partial charge on any atom is 0.434 e. The molecule has 0 spiro atoms. The van der Waals surface area contributed by atoms with Gasteiger partial charge in [-0.15, -0.1) is 0 Å². The highest BCUT2D eigenvalue weighted by molar-refractivity contribution is 6.30. The second-order valence-electron chi connectivity index (χ2n) is 7.11. The number of nitrogens with one attached hydrogen (secondary N) is 1. The normalized spacial score (nSPS) is 11.6. The molecule has 2 heterocycles. The third kappa shape index (κ3) is 4.61. The van der Waals surface area contributed by atoms with Crippen LogP contribution in [0.2, 0.25) is 5.02 Å². The van der Waals surface area contributed by atoms with Gasteiger partial charge < -0.3 is 9.88 Å². The number of halogens is 5. The summed E-state index contributed by atoms with van der Waals surface area (Å²) in [6.45, 7) is 1.54. The zero-order chi connectivity index (χ0) is 23.8. The number of benzene rings is 2. The monoisotopic (exact) mass is 477 g/mol. The average Bonchev–Trinajstić information content (AvgIpc) is 3.39. The van der Waals surface area contributed by atoms with E-state index in [1.54, 1.807) is 23.8 Å². The molecule has 2 aromatic heterocycles. The lowest BCUT2D eigenvalue weighted by molar-refractivity contribution is -0.143. The van der Waals surface area contributed by atoms with Crippen molar-refractivity contribution in [2.24, 2.45) is 0 Å². The van der Waals surface area contributed by atoms with E-state index in [0.29, 0.717) is 21.1 Å². The van der Waals surface area contributed by atoms with Crippen LogP contribution in [0.15, 0.2) is 61.1 Å². The van der Waals surface area contributed by atoms with Crippen LogP contribution in [-0.2, 0) is 12.7 Å². The summed E-state index contributed by atoms with van der Waals surface area (Å²) in [4.78, 5) is 16.6. The minimum Gasteiger partial charge on any atom is -0.348 e. The number of hydrogen-bond donors (Lipinski definition) is 1. The van der Waals surface area contributed by atoms with Gasteiger partial charge in [-0.3, -0.25) is 4.79 Å². The largest absolute Gasteiger partial charge is 0.434 e. The summed E-state index contributed by atoms with van der Waals surface area (Å²) in [7, 11) is 0. The molecule has 11 heteroatoms. The first-order chi connectivity index (χ1) is 15.6. The Morgan fingerprint density at radius 1 is 1.15 bits per heavy atom. The Morgan fingerprint density at radius 3 is 2.48 bits per heavy atom. The fourth-order valence-corrected chi connectivity index (χ4v) is 3.46. The van der Waals surface area contributed by atoms with Gasteiger partial charge in [0.1, 0.15) is 11.6 Å². The van der Waals surface area contributed by atoms with Crippen LogP contribution < -0.4 is 5.32 Å². The zero-order valence-electron chi connectivity index (χ0n) is 17.1. The molecular weight excluding hydrogens is 462 g/mol. The number of nitrogens with zero attached hydrogens (tertiary/aromatic N) is 4. The first kappa shape index (κ1) is 22.5. The van der Waals surface area contributed by atoms with Gasteiger partial charge >= 0.3 is 6.18 Å². The molecule has 0 unspecified atom stereocenters. The molecule has 170 valence electrons. The smallest absolute Gasteiger partial charge is 0.348 e. The summed E-state index contributed by atoms with van der Waals surface area (Å²) in [5.74, 6) is -0.959. The predicted octanol–water partition coefficient (Wildman–Crippen LogP) is 5.11. The van der Waals surface area contributed by atoms with Crippen LogP contribution in [0, 0.1) is 12.7 Å². The fraction of sp³-hybridized carbons (Fsp3) is 0.136. The van der Waals surface area contributed by atoms with Crippen LogP contribution in [0.25, 0.3) is 11.4 Å². The van der Waals surface area contributed by atoms with E-state index in [4.69, 9.17) is 11.6 Å². The number of carbonyl (C=O) groups excluding carboxylic acids is 1. The maximum absolute atomic E-state index is 14.5. The Bertz CT molecular complexity index is 1310. The van der Waals surface area contributed by atoms with Crippen LogP contribution >= 0.6 is 11.6 Å². The maximum atomic E-state index is 14.5. The molecule has 0 saturated heterocycles. The molecule has 6 nitrogen and oxygen atoms in total. The van der Waals surface area contributed by atoms with Gasteiger partial charge in [-0.25, -0.2) is 14.1 Å². The molecule has 0 atom stereocenters. The van der Waals surface area contributed by atoms with E-state index in [1.165, 1.54) is 42.6 Å². The molecule has 4 aromatic rings. The topological polar surface area (TPSA) is 64.7 Å². The van der Waals surface area contributed by atoms with Gasteiger partial charge in [-0.2, -0.15) is 18.3 Å². The standard InChI is InChI=1S/C22H16ClF4N5O/c1-13-28-8-9-31(13)19-7-2-14(10-18(19)24)11-29-21(33)17-12-30-32(20(17)22(25,26)27)16-5-3-15(23)4-6-16/h2-10,12H,11H2,1H3,(H,29,33). The highest BCUT2D eigenvalue weighted by Crippen LogP contribution is 2.34. The van der Waals surface area contributed by atoms with E-state index in [1.807, 2.05) is 0 Å². The van der Waals surface area contributed by atoms with Crippen LogP contribution in [0.4, 0.5) is 17.6 Å². The summed E-state index contributed by atoms with van der Waals surface area (Å²) in [5.41, 5.74) is -1.13. The van der Waals surface area contributed by atoms with Crippen molar-refractivity contribution in [2.75, 3.05) is 0 Å². The summed E-state index contributed by atoms with van der Waals surface area (Å²) in [5, 5.41) is 6.49. The Morgan fingerprint density at radius 2 is 1.88 bits per heavy atom. The number of carbonyl (C=O) groups is 1. The number of aryl methyl sites for hydroxylation is 1. The van der Waals surface area contributed by atoms with Crippen LogP contribution in [0.1, 0.15) is 27.4 Å². The van der Waals surface area contributed by atoms with E-state index in [9.17, 15) is 22.4 Å². The Hall–Kier alpha value is -3.66. The van der Waals surface area contributed by atoms with Crippen molar-refractivity contribution in [3.05, 3.63) is 94.5 Å². The highest BCUT2D eigenvalue weighted by Gasteiger charge is 2.40. The second-order valence-corrected chi connectivity index (χ2v) is 7.54. The second kappa shape index (κ2) is 8.70. The fourth-order valence-electron chi connectivity index (χ4n) is 3.33. The SMILES string of the molecule is Cc1nccn1-c1ccc(CNC(=O)c2cnn(-c3ccc(Cl)cc3)c2C(F)(F)F)cc1F. The van der Waals surface area contributed by atoms with E-state index in [2.05, 4.69) is 15.4 Å². The average molecular weight is 478 g/mol. The van der Waals surface area contributed by atoms with Crippen molar-refractivity contribution in [3.63, 3.8) is 0 Å². The van der Waals surface area contributed by atoms with Gasteiger partial charge in [0.05, 0.1) is 23.1 Å². The minimum atomic E-state index is -4.85. The summed E-state index contributed by atoms with van der Waals surface area (Å²) in [6.07, 6.45) is -0.866. The number of alkyl halides is 3. The molecule has 0 fully saturated rings. The molecule has 0 bridgehead atoms. The first-order valence-electron chi connectivity index (χ1n) is 9.63. The minimum absolute atomic E-state index is 0.0956. The van der Waals surface area contributed by atoms with Gasteiger partial charge in [-0.1, -0.05) is 17.7 Å². The Kier molecular flexibility index (Phi) is 5.94. The van der Waals surface area contributed by atoms with Crippen LogP contribution in [0.3, 0.4) is 0 Å². The van der Waals surface area contributed by atoms with Crippen molar-refractivity contribution in [1.82, 2.24) is 24.6 Å². The van der Waals surface area contributed by atoms with E-state index >= 15 is 0 Å². The number of imidazole rings is 1. The molecule has 0 saturated carbocycles. The van der Waals surface area contributed by atoms with E-state index < -0.39 is 29.2 Å². The first-order valence-corrected chi connectivity index (χ1v) is 10.0. The molecule has 1 amide bonds. The third-order valence-corrected chi connectivity index (χ3v) is 5.16. The molecule has 0 aliphatic heterocycles. The lowest BCUT2D eigenvalue weighted by atomic mass is 10.1. The molecule has 0 aliphatic rings. The Labute approximate surface area is 190 Å². The number of amides is 1. The molecular formula is C22H16ClF4N5O. The van der Waals surface area contributed by atoms with Crippen LogP contribution in [-0.4, -0.2) is 25.2 Å². The molecule has 2 aromatic carbocycles. The van der Waals surface area contributed by atoms with Gasteiger partial charge in [0.25, 0.3) is 5.91 Å². The van der Waals surface area contributed by atoms with Crippen molar-refractivity contribution >= 4 is 17.5 Å². The molecule has 1 N–H and O–H groups in total. The molecule has 0 aliphatic carbocycles. The van der Waals surface area contributed by atoms with E-state index in [0.717, 1.165) is 6.20 Å². The van der Waals surface area contributed by atoms with Crippen molar-refractivity contribution in [3.8, 4) is 11.4 Å². The number of rotatable bonds is 5. The van der Waals surface area contributed by atoms with Gasteiger partial charge in [0.15, 0.2) is 5.69 Å². The van der Waals surface area contributed by atoms with Crippen molar-refractivity contribution < 1.29 is 22.4 Å². The van der Waals surface area contributed by atoms with E-state index in [-0.39, 0.29) is 17.9 Å². The number of hydrogen-bond acceptors (Lipinski definition) is 3. The molecule has 4 rings (SSSR count). The van der Waals surface area contributed by atoms with Crippen LogP contribution in [0.5, 0.6) is 0 Å². The third-order valence-electron chi connectivity index (χ3n) is 4.90. The zero-order valence-corrected chi connectivity index (χ0v) is 17.8. The predicted molar refractivity (Wildman–Crippen MR) is 113 cm³/mol. The Balaban J connectivity index is 1.56. The quantitative estimate of drug-likeness (QED) is 0.406. The van der Waals surface area contributed by atoms with Gasteiger partial charge in [0.2, 0.25) is 0 Å². The van der Waals surface area contributed by atoms with Gasteiger partial charge in [0, 0.05) is 24.0 Å². The summed E-state index contributed by atoms with van der Waals surface area (Å²) < 4.78 is 58.0. The molecule has 33 heavy (non-hydrogen) atoms. The summed E-state index contributed by atoms with van der Waals surface area (Å²) >= 11 is 5.79. The van der Waals surface area contributed by atoms with Gasteiger partial charge in [-0.05, 0) is 48.9 Å². The molecule has 0 radical (unpaired) electrons. The lowest BCUT2D eigenvalue weighted by Gasteiger charge is -2.13. The summed E-state index contributed by atoms with van der Waals surface area (Å²) in [6, 6.07) is 9.84. The number of aromatic nitrogens is 4. The van der Waals surface area contributed by atoms with Crippen molar-refractivity contribution in [2.45, 2.75) is 19.6 Å². The lowest BCUT2D eigenvalue weighted by Crippen LogP contribution is -2.26.